The van der Waals surface area contributed by atoms with Crippen molar-refractivity contribution in [3.63, 3.8) is 0 Å². The summed E-state index contributed by atoms with van der Waals surface area (Å²) in [6.45, 7) is 2.83. The van der Waals surface area contributed by atoms with Gasteiger partial charge in [0.15, 0.2) is 9.84 Å². The molecule has 1 aliphatic heterocycles. The molecule has 0 aliphatic carbocycles. The maximum absolute atomic E-state index is 13.3. The minimum atomic E-state index is -3.13. The molecule has 164 valence electrons. The van der Waals surface area contributed by atoms with Crippen molar-refractivity contribution < 1.29 is 22.4 Å². The highest BCUT2D eigenvalue weighted by Gasteiger charge is 2.34. The predicted octanol–water partition coefficient (Wildman–Crippen LogP) is 4.24. The Balaban J connectivity index is 1.58. The highest BCUT2D eigenvalue weighted by atomic mass is 35.5. The first-order valence-electron chi connectivity index (χ1n) is 10.2. The van der Waals surface area contributed by atoms with E-state index in [4.69, 9.17) is 20.8 Å². The fourth-order valence-electron chi connectivity index (χ4n) is 3.95. The van der Waals surface area contributed by atoms with Gasteiger partial charge in [-0.15, -0.1) is 0 Å². The second kappa shape index (κ2) is 8.93. The summed E-state index contributed by atoms with van der Waals surface area (Å²) in [6, 6.07) is 12.5. The molecule has 6 nitrogen and oxygen atoms in total. The quantitative estimate of drug-likeness (QED) is 0.526. The number of hydrogen-bond acceptors (Lipinski definition) is 5. The van der Waals surface area contributed by atoms with Crippen molar-refractivity contribution in [1.29, 1.82) is 0 Å². The summed E-state index contributed by atoms with van der Waals surface area (Å²) >= 11 is 6.11. The van der Waals surface area contributed by atoms with E-state index < -0.39 is 9.84 Å². The van der Waals surface area contributed by atoms with Gasteiger partial charge in [-0.05, 0) is 49.2 Å². The number of amides is 1. The number of carbonyl (C=O) groups excluding carboxylic acids is 1. The van der Waals surface area contributed by atoms with Crippen molar-refractivity contribution in [2.24, 2.45) is 0 Å². The van der Waals surface area contributed by atoms with Crippen molar-refractivity contribution in [3.8, 4) is 5.75 Å². The molecule has 1 aromatic heterocycles. The highest BCUT2D eigenvalue weighted by molar-refractivity contribution is 7.91. The van der Waals surface area contributed by atoms with E-state index in [-0.39, 0.29) is 29.9 Å². The number of furan rings is 1. The molecule has 0 N–H and O–H groups in total. The number of halogens is 1. The number of rotatable bonds is 7. The minimum absolute atomic E-state index is 0.00622. The Kier molecular flexibility index (Phi) is 6.25. The van der Waals surface area contributed by atoms with Crippen LogP contribution >= 0.6 is 11.6 Å². The van der Waals surface area contributed by atoms with Gasteiger partial charge in [0.25, 0.3) is 0 Å². The maximum atomic E-state index is 13.3. The molecule has 1 atom stereocenters. The molecule has 31 heavy (non-hydrogen) atoms. The SMILES string of the molecule is CCOc1ccc(CN(C(=O)Cc2coc3ccc(Cl)cc23)C2CCS(=O)(=O)C2)cc1. The molecule has 4 rings (SSSR count). The summed E-state index contributed by atoms with van der Waals surface area (Å²) in [5.74, 6) is 0.718. The second-order valence-electron chi connectivity index (χ2n) is 7.73. The first-order chi connectivity index (χ1) is 14.8. The Morgan fingerprint density at radius 3 is 2.68 bits per heavy atom. The predicted molar refractivity (Wildman–Crippen MR) is 120 cm³/mol. The maximum Gasteiger partial charge on any atom is 0.227 e. The fraction of sp³-hybridized carbons (Fsp3) is 0.348. The van der Waals surface area contributed by atoms with Gasteiger partial charge in [0, 0.05) is 28.6 Å². The molecule has 8 heteroatoms. The number of benzene rings is 2. The Morgan fingerprint density at radius 2 is 2.00 bits per heavy atom. The van der Waals surface area contributed by atoms with Crippen LogP contribution in [0, 0.1) is 0 Å². The molecule has 1 amide bonds. The van der Waals surface area contributed by atoms with Crippen LogP contribution in [0.1, 0.15) is 24.5 Å². The Morgan fingerprint density at radius 1 is 1.23 bits per heavy atom. The third-order valence-corrected chi connectivity index (χ3v) is 7.50. The van der Waals surface area contributed by atoms with Crippen molar-refractivity contribution in [2.45, 2.75) is 32.4 Å². The Labute approximate surface area is 186 Å². The van der Waals surface area contributed by atoms with Crippen LogP contribution in [0.4, 0.5) is 0 Å². The number of nitrogens with zero attached hydrogens (tertiary/aromatic N) is 1. The molecular weight excluding hydrogens is 438 g/mol. The monoisotopic (exact) mass is 461 g/mol. The summed E-state index contributed by atoms with van der Waals surface area (Å²) in [5.41, 5.74) is 2.31. The zero-order chi connectivity index (χ0) is 22.0. The van der Waals surface area contributed by atoms with Gasteiger partial charge in [0.1, 0.15) is 11.3 Å². The molecule has 1 unspecified atom stereocenters. The second-order valence-corrected chi connectivity index (χ2v) is 10.4. The zero-order valence-corrected chi connectivity index (χ0v) is 18.8. The molecule has 1 aliphatic rings. The lowest BCUT2D eigenvalue weighted by Gasteiger charge is -2.28. The van der Waals surface area contributed by atoms with Crippen LogP contribution in [-0.4, -0.2) is 43.4 Å². The molecule has 0 radical (unpaired) electrons. The molecule has 3 aromatic rings. The molecule has 1 saturated heterocycles. The van der Waals surface area contributed by atoms with Gasteiger partial charge in [0.05, 0.1) is 30.8 Å². The number of fused-ring (bicyclic) bond motifs is 1. The third kappa shape index (κ3) is 5.05. The minimum Gasteiger partial charge on any atom is -0.494 e. The lowest BCUT2D eigenvalue weighted by Crippen LogP contribution is -2.41. The van der Waals surface area contributed by atoms with Gasteiger partial charge in [-0.2, -0.15) is 0 Å². The lowest BCUT2D eigenvalue weighted by molar-refractivity contribution is -0.133. The lowest BCUT2D eigenvalue weighted by atomic mass is 10.1. The van der Waals surface area contributed by atoms with Crippen LogP contribution in [0.25, 0.3) is 11.0 Å². The summed E-state index contributed by atoms with van der Waals surface area (Å²) in [4.78, 5) is 15.0. The van der Waals surface area contributed by atoms with Crippen LogP contribution < -0.4 is 4.74 Å². The summed E-state index contributed by atoms with van der Waals surface area (Å²) < 4.78 is 35.2. The molecule has 0 spiro atoms. The van der Waals surface area contributed by atoms with E-state index in [1.165, 1.54) is 0 Å². The molecular formula is C23H24ClNO5S. The van der Waals surface area contributed by atoms with E-state index in [0.717, 1.165) is 22.3 Å². The van der Waals surface area contributed by atoms with Crippen LogP contribution in [0.5, 0.6) is 5.75 Å². The summed E-state index contributed by atoms with van der Waals surface area (Å²) in [7, 11) is -3.13. The standard InChI is InChI=1S/C23H24ClNO5S/c1-2-29-20-6-3-16(4-7-20)13-25(19-9-10-31(27,28)15-19)23(26)11-17-14-30-22-8-5-18(24)12-21(17)22/h3-8,12,14,19H,2,9-11,13,15H2,1H3. The number of ether oxygens (including phenoxy) is 1. The van der Waals surface area contributed by atoms with Gasteiger partial charge < -0.3 is 14.1 Å². The Hall–Kier alpha value is -2.51. The van der Waals surface area contributed by atoms with Gasteiger partial charge in [-0.25, -0.2) is 8.42 Å². The number of sulfone groups is 1. The van der Waals surface area contributed by atoms with Crippen LogP contribution in [0.15, 0.2) is 53.1 Å². The first-order valence-corrected chi connectivity index (χ1v) is 12.4. The fourth-order valence-corrected chi connectivity index (χ4v) is 5.85. The number of carbonyl (C=O) groups is 1. The first kappa shape index (κ1) is 21.7. The summed E-state index contributed by atoms with van der Waals surface area (Å²) in [5, 5.41) is 1.36. The van der Waals surface area contributed by atoms with Gasteiger partial charge in [-0.1, -0.05) is 23.7 Å². The van der Waals surface area contributed by atoms with Crippen molar-refractivity contribution in [2.75, 3.05) is 18.1 Å². The van der Waals surface area contributed by atoms with E-state index in [2.05, 4.69) is 0 Å². The van der Waals surface area contributed by atoms with Crippen LogP contribution in [0.3, 0.4) is 0 Å². The van der Waals surface area contributed by atoms with E-state index >= 15 is 0 Å². The molecule has 0 bridgehead atoms. The third-order valence-electron chi connectivity index (χ3n) is 5.51. The topological polar surface area (TPSA) is 76.8 Å². The van der Waals surface area contributed by atoms with Crippen LogP contribution in [-0.2, 0) is 27.6 Å². The van der Waals surface area contributed by atoms with E-state index in [1.807, 2.05) is 31.2 Å². The average Bonchev–Trinajstić information content (AvgIpc) is 3.30. The molecule has 1 fully saturated rings. The van der Waals surface area contributed by atoms with E-state index in [9.17, 15) is 13.2 Å². The highest BCUT2D eigenvalue weighted by Crippen LogP contribution is 2.27. The van der Waals surface area contributed by atoms with Crippen molar-refractivity contribution in [1.82, 2.24) is 4.90 Å². The number of hydrogen-bond donors (Lipinski definition) is 0. The normalized spacial score (nSPS) is 17.7. The molecule has 2 aromatic carbocycles. The van der Waals surface area contributed by atoms with E-state index in [0.29, 0.717) is 30.2 Å². The van der Waals surface area contributed by atoms with Crippen molar-refractivity contribution in [3.05, 3.63) is 64.9 Å². The largest absolute Gasteiger partial charge is 0.494 e. The zero-order valence-electron chi connectivity index (χ0n) is 17.2. The van der Waals surface area contributed by atoms with E-state index in [1.54, 1.807) is 29.4 Å². The van der Waals surface area contributed by atoms with Gasteiger partial charge >= 0.3 is 0 Å². The van der Waals surface area contributed by atoms with Gasteiger partial charge in [0.2, 0.25) is 5.91 Å². The van der Waals surface area contributed by atoms with Crippen LogP contribution in [0.2, 0.25) is 5.02 Å². The summed E-state index contributed by atoms with van der Waals surface area (Å²) in [6.07, 6.45) is 2.13. The Bertz CT molecular complexity index is 1190. The average molecular weight is 462 g/mol. The molecule has 0 saturated carbocycles. The van der Waals surface area contributed by atoms with Crippen molar-refractivity contribution >= 4 is 38.3 Å². The molecule has 2 heterocycles. The van der Waals surface area contributed by atoms with Gasteiger partial charge in [-0.3, -0.25) is 4.79 Å². The smallest absolute Gasteiger partial charge is 0.227 e.